The Kier molecular flexibility index (Phi) is 3.75. The monoisotopic (exact) mass is 250 g/mol. The molecule has 0 aliphatic heterocycles. The first-order chi connectivity index (χ1) is 8.15. The van der Waals surface area contributed by atoms with Gasteiger partial charge >= 0.3 is 0 Å². The first-order valence-electron chi connectivity index (χ1n) is 6.08. The van der Waals surface area contributed by atoms with E-state index in [1.165, 1.54) is 11.1 Å². The number of likely N-dealkylation sites (N-methyl/N-ethyl adjacent to an activating group) is 1. The van der Waals surface area contributed by atoms with E-state index in [1.807, 2.05) is 19.2 Å². The van der Waals surface area contributed by atoms with Gasteiger partial charge < -0.3 is 9.88 Å². The molecule has 0 unspecified atom stereocenters. The SMILES string of the molecule is CNCCc1cc2cccc(Cl)c2n1C(C)C. The molecular weight excluding hydrogens is 232 g/mol. The summed E-state index contributed by atoms with van der Waals surface area (Å²) in [7, 11) is 1.98. The van der Waals surface area contributed by atoms with Crippen molar-refractivity contribution in [3.05, 3.63) is 35.0 Å². The molecule has 0 fully saturated rings. The van der Waals surface area contributed by atoms with Gasteiger partial charge in [-0.2, -0.15) is 0 Å². The molecule has 2 nitrogen and oxygen atoms in total. The molecule has 92 valence electrons. The number of hydrogen-bond acceptors (Lipinski definition) is 1. The maximum atomic E-state index is 6.32. The summed E-state index contributed by atoms with van der Waals surface area (Å²) < 4.78 is 2.34. The molecule has 0 aliphatic carbocycles. The highest BCUT2D eigenvalue weighted by atomic mass is 35.5. The number of hydrogen-bond donors (Lipinski definition) is 1. The van der Waals surface area contributed by atoms with E-state index in [-0.39, 0.29) is 0 Å². The highest BCUT2D eigenvalue weighted by Crippen LogP contribution is 2.30. The highest BCUT2D eigenvalue weighted by molar-refractivity contribution is 6.35. The van der Waals surface area contributed by atoms with Crippen LogP contribution in [0, 0.1) is 0 Å². The van der Waals surface area contributed by atoms with E-state index in [2.05, 4.69) is 35.9 Å². The van der Waals surface area contributed by atoms with Crippen molar-refractivity contribution in [2.45, 2.75) is 26.3 Å². The standard InChI is InChI=1S/C14H19ClN2/c1-10(2)17-12(7-8-16-3)9-11-5-4-6-13(15)14(11)17/h4-6,9-10,16H,7-8H2,1-3H3. The van der Waals surface area contributed by atoms with Crippen LogP contribution in [0.25, 0.3) is 10.9 Å². The Balaban J connectivity index is 2.59. The van der Waals surface area contributed by atoms with Crippen LogP contribution in [-0.2, 0) is 6.42 Å². The fourth-order valence-electron chi connectivity index (χ4n) is 2.33. The number of rotatable bonds is 4. The maximum absolute atomic E-state index is 6.32. The Morgan fingerprint density at radius 3 is 2.76 bits per heavy atom. The molecule has 0 atom stereocenters. The average Bonchev–Trinajstić information content (AvgIpc) is 2.66. The van der Waals surface area contributed by atoms with Gasteiger partial charge in [0.15, 0.2) is 0 Å². The summed E-state index contributed by atoms with van der Waals surface area (Å²) >= 11 is 6.32. The van der Waals surface area contributed by atoms with Crippen LogP contribution in [0.1, 0.15) is 25.6 Å². The van der Waals surface area contributed by atoms with Crippen LogP contribution in [0.2, 0.25) is 5.02 Å². The van der Waals surface area contributed by atoms with Crippen molar-refractivity contribution in [1.82, 2.24) is 9.88 Å². The van der Waals surface area contributed by atoms with E-state index in [1.54, 1.807) is 0 Å². The summed E-state index contributed by atoms with van der Waals surface area (Å²) in [5, 5.41) is 5.27. The minimum atomic E-state index is 0.430. The Hall–Kier alpha value is -0.990. The zero-order chi connectivity index (χ0) is 12.4. The van der Waals surface area contributed by atoms with Gasteiger partial charge in [-0.3, -0.25) is 0 Å². The van der Waals surface area contributed by atoms with Crippen LogP contribution in [-0.4, -0.2) is 18.2 Å². The first-order valence-corrected chi connectivity index (χ1v) is 6.46. The van der Waals surface area contributed by atoms with E-state index in [4.69, 9.17) is 11.6 Å². The van der Waals surface area contributed by atoms with Crippen LogP contribution in [0.3, 0.4) is 0 Å². The summed E-state index contributed by atoms with van der Waals surface area (Å²) in [5.41, 5.74) is 2.51. The fraction of sp³-hybridized carbons (Fsp3) is 0.429. The zero-order valence-electron chi connectivity index (χ0n) is 10.6. The molecule has 0 spiro atoms. The third kappa shape index (κ3) is 2.33. The van der Waals surface area contributed by atoms with Gasteiger partial charge in [0.2, 0.25) is 0 Å². The molecule has 1 aromatic carbocycles. The molecule has 1 heterocycles. The van der Waals surface area contributed by atoms with Crippen molar-refractivity contribution in [3.63, 3.8) is 0 Å². The number of nitrogens with one attached hydrogen (secondary N) is 1. The van der Waals surface area contributed by atoms with E-state index < -0.39 is 0 Å². The van der Waals surface area contributed by atoms with Crippen molar-refractivity contribution in [2.75, 3.05) is 13.6 Å². The summed E-state index contributed by atoms with van der Waals surface area (Å²) in [6, 6.07) is 8.78. The lowest BCUT2D eigenvalue weighted by Gasteiger charge is -2.15. The molecular formula is C14H19ClN2. The number of para-hydroxylation sites is 1. The molecule has 17 heavy (non-hydrogen) atoms. The van der Waals surface area contributed by atoms with E-state index in [9.17, 15) is 0 Å². The Labute approximate surface area is 108 Å². The van der Waals surface area contributed by atoms with Crippen LogP contribution in [0.5, 0.6) is 0 Å². The summed E-state index contributed by atoms with van der Waals surface area (Å²) in [6.45, 7) is 5.39. The smallest absolute Gasteiger partial charge is 0.0674 e. The zero-order valence-corrected chi connectivity index (χ0v) is 11.4. The lowest BCUT2D eigenvalue weighted by molar-refractivity contribution is 0.587. The molecule has 0 aliphatic rings. The fourth-order valence-corrected chi connectivity index (χ4v) is 2.60. The van der Waals surface area contributed by atoms with Crippen molar-refractivity contribution >= 4 is 22.5 Å². The van der Waals surface area contributed by atoms with Crippen LogP contribution < -0.4 is 5.32 Å². The molecule has 0 radical (unpaired) electrons. The minimum absolute atomic E-state index is 0.430. The van der Waals surface area contributed by atoms with Gasteiger partial charge in [0, 0.05) is 30.1 Å². The molecule has 1 N–H and O–H groups in total. The van der Waals surface area contributed by atoms with Crippen LogP contribution >= 0.6 is 11.6 Å². The first kappa shape index (κ1) is 12.5. The van der Waals surface area contributed by atoms with Gasteiger partial charge in [0.05, 0.1) is 10.5 Å². The van der Waals surface area contributed by atoms with Gasteiger partial charge in [-0.15, -0.1) is 0 Å². The third-order valence-corrected chi connectivity index (χ3v) is 3.34. The quantitative estimate of drug-likeness (QED) is 0.877. The summed E-state index contributed by atoms with van der Waals surface area (Å²) in [4.78, 5) is 0. The molecule has 1 aromatic heterocycles. The van der Waals surface area contributed by atoms with Gasteiger partial charge in [0.25, 0.3) is 0 Å². The summed E-state index contributed by atoms with van der Waals surface area (Å²) in [6.07, 6.45) is 1.03. The summed E-state index contributed by atoms with van der Waals surface area (Å²) in [5.74, 6) is 0. The predicted molar refractivity (Wildman–Crippen MR) is 75.0 cm³/mol. The van der Waals surface area contributed by atoms with Crippen molar-refractivity contribution in [3.8, 4) is 0 Å². The highest BCUT2D eigenvalue weighted by Gasteiger charge is 2.13. The largest absolute Gasteiger partial charge is 0.341 e. The van der Waals surface area contributed by atoms with Gasteiger partial charge in [0.1, 0.15) is 0 Å². The van der Waals surface area contributed by atoms with Crippen molar-refractivity contribution < 1.29 is 0 Å². The number of aromatic nitrogens is 1. The van der Waals surface area contributed by atoms with E-state index >= 15 is 0 Å². The molecule has 0 saturated carbocycles. The number of nitrogens with zero attached hydrogens (tertiary/aromatic N) is 1. The van der Waals surface area contributed by atoms with Gasteiger partial charge in [-0.05, 0) is 33.0 Å². The Bertz CT molecular complexity index is 514. The Morgan fingerprint density at radius 2 is 2.12 bits per heavy atom. The molecule has 2 rings (SSSR count). The maximum Gasteiger partial charge on any atom is 0.0674 e. The second-order valence-corrected chi connectivity index (χ2v) is 5.04. The third-order valence-electron chi connectivity index (χ3n) is 3.04. The molecule has 2 aromatic rings. The minimum Gasteiger partial charge on any atom is -0.341 e. The lowest BCUT2D eigenvalue weighted by atomic mass is 10.2. The topological polar surface area (TPSA) is 17.0 Å². The Morgan fingerprint density at radius 1 is 1.35 bits per heavy atom. The van der Waals surface area contributed by atoms with Gasteiger partial charge in [-0.1, -0.05) is 23.7 Å². The molecule has 0 bridgehead atoms. The second-order valence-electron chi connectivity index (χ2n) is 4.63. The van der Waals surface area contributed by atoms with Crippen molar-refractivity contribution in [2.24, 2.45) is 0 Å². The number of benzene rings is 1. The predicted octanol–water partition coefficient (Wildman–Crippen LogP) is 3.64. The normalized spacial score (nSPS) is 11.6. The van der Waals surface area contributed by atoms with E-state index in [0.29, 0.717) is 6.04 Å². The lowest BCUT2D eigenvalue weighted by Crippen LogP contribution is -2.14. The van der Waals surface area contributed by atoms with Gasteiger partial charge in [-0.25, -0.2) is 0 Å². The number of halogens is 1. The number of fused-ring (bicyclic) bond motifs is 1. The molecule has 3 heteroatoms. The molecule has 0 saturated heterocycles. The second kappa shape index (κ2) is 5.11. The van der Waals surface area contributed by atoms with Crippen LogP contribution in [0.15, 0.2) is 24.3 Å². The van der Waals surface area contributed by atoms with Crippen molar-refractivity contribution in [1.29, 1.82) is 0 Å². The van der Waals surface area contributed by atoms with Crippen LogP contribution in [0.4, 0.5) is 0 Å². The average molecular weight is 251 g/mol. The molecule has 0 amide bonds. The van der Waals surface area contributed by atoms with E-state index in [0.717, 1.165) is 23.5 Å².